The molecule has 0 aromatic rings. The van der Waals surface area contributed by atoms with E-state index in [1.54, 1.807) is 0 Å². The predicted molar refractivity (Wildman–Crippen MR) is 65.0 cm³/mol. The molecule has 0 radical (unpaired) electrons. The van der Waals surface area contributed by atoms with Crippen LogP contribution in [0.25, 0.3) is 0 Å². The van der Waals surface area contributed by atoms with E-state index >= 15 is 0 Å². The molecule has 2 aliphatic rings. The fourth-order valence-corrected chi connectivity index (χ4v) is 4.72. The van der Waals surface area contributed by atoms with Crippen molar-refractivity contribution in [2.24, 2.45) is 5.92 Å². The van der Waals surface area contributed by atoms with Crippen LogP contribution in [0.3, 0.4) is 0 Å². The van der Waals surface area contributed by atoms with E-state index < -0.39 is 21.9 Å². The zero-order valence-electron chi connectivity index (χ0n) is 10.2. The molecule has 2 saturated heterocycles. The number of hydrogen-bond acceptors (Lipinski definition) is 5. The summed E-state index contributed by atoms with van der Waals surface area (Å²) in [6.45, 7) is 1.45. The van der Waals surface area contributed by atoms with Gasteiger partial charge in [-0.25, -0.2) is 8.42 Å². The van der Waals surface area contributed by atoms with Crippen LogP contribution >= 0.6 is 0 Å². The first kappa shape index (κ1) is 13.8. The zero-order chi connectivity index (χ0) is 13.3. The van der Waals surface area contributed by atoms with Crippen molar-refractivity contribution in [2.45, 2.75) is 31.4 Å². The number of aliphatic carboxylic acids is 1. The summed E-state index contributed by atoms with van der Waals surface area (Å²) >= 11 is 0. The molecule has 0 amide bonds. The number of likely N-dealkylation sites (tertiary alicyclic amines) is 1. The minimum atomic E-state index is -3.11. The van der Waals surface area contributed by atoms with Gasteiger partial charge in [0, 0.05) is 13.0 Å². The maximum Gasteiger partial charge on any atom is 0.303 e. The molecule has 18 heavy (non-hydrogen) atoms. The van der Waals surface area contributed by atoms with Gasteiger partial charge in [0.15, 0.2) is 9.84 Å². The summed E-state index contributed by atoms with van der Waals surface area (Å²) in [7, 11) is -3.11. The fourth-order valence-electron chi connectivity index (χ4n) is 2.89. The lowest BCUT2D eigenvalue weighted by Crippen LogP contribution is -2.41. The van der Waals surface area contributed by atoms with Gasteiger partial charge in [-0.05, 0) is 25.3 Å². The van der Waals surface area contributed by atoms with Gasteiger partial charge in [-0.2, -0.15) is 0 Å². The highest BCUT2D eigenvalue weighted by molar-refractivity contribution is 7.91. The smallest absolute Gasteiger partial charge is 0.303 e. The number of nitrogens with zero attached hydrogens (tertiary/aromatic N) is 1. The van der Waals surface area contributed by atoms with Gasteiger partial charge in [0.1, 0.15) is 0 Å². The van der Waals surface area contributed by atoms with Crippen molar-refractivity contribution in [1.29, 1.82) is 0 Å². The molecule has 104 valence electrons. The Kier molecular flexibility index (Phi) is 3.93. The average molecular weight is 277 g/mol. The van der Waals surface area contributed by atoms with Crippen LogP contribution in [0.2, 0.25) is 0 Å². The third-order valence-corrected chi connectivity index (χ3v) is 5.55. The molecule has 0 spiro atoms. The molecule has 2 heterocycles. The SMILES string of the molecule is O=C(O)CCC1CCN(C2CS(=O)(=O)CC2O)C1. The Hall–Kier alpha value is -0.660. The molecule has 0 aromatic heterocycles. The lowest BCUT2D eigenvalue weighted by Gasteiger charge is -2.25. The van der Waals surface area contributed by atoms with Crippen molar-refractivity contribution in [2.75, 3.05) is 24.6 Å². The minimum Gasteiger partial charge on any atom is -0.481 e. The van der Waals surface area contributed by atoms with Crippen LogP contribution in [0.4, 0.5) is 0 Å². The summed E-state index contributed by atoms with van der Waals surface area (Å²) in [6.07, 6.45) is 0.871. The second kappa shape index (κ2) is 5.14. The molecular weight excluding hydrogens is 258 g/mol. The number of hydrogen-bond donors (Lipinski definition) is 2. The highest BCUT2D eigenvalue weighted by Gasteiger charge is 2.42. The van der Waals surface area contributed by atoms with Crippen LogP contribution in [0.5, 0.6) is 0 Å². The summed E-state index contributed by atoms with van der Waals surface area (Å²) in [6, 6.07) is -0.301. The van der Waals surface area contributed by atoms with Gasteiger partial charge < -0.3 is 10.2 Å². The lowest BCUT2D eigenvalue weighted by atomic mass is 10.0. The van der Waals surface area contributed by atoms with Crippen molar-refractivity contribution in [3.63, 3.8) is 0 Å². The van der Waals surface area contributed by atoms with Gasteiger partial charge >= 0.3 is 5.97 Å². The van der Waals surface area contributed by atoms with Gasteiger partial charge in [0.25, 0.3) is 0 Å². The number of aliphatic hydroxyl groups excluding tert-OH is 1. The summed E-state index contributed by atoms with van der Waals surface area (Å²) < 4.78 is 22.9. The quantitative estimate of drug-likeness (QED) is 0.708. The lowest BCUT2D eigenvalue weighted by molar-refractivity contribution is -0.137. The maximum atomic E-state index is 11.4. The monoisotopic (exact) mass is 277 g/mol. The Labute approximate surface area is 107 Å². The molecule has 3 atom stereocenters. The Bertz CT molecular complexity index is 421. The van der Waals surface area contributed by atoms with Crippen LogP contribution < -0.4 is 0 Å². The first-order valence-corrected chi connectivity index (χ1v) is 8.04. The van der Waals surface area contributed by atoms with Gasteiger partial charge in [0.2, 0.25) is 0 Å². The van der Waals surface area contributed by atoms with E-state index in [4.69, 9.17) is 5.11 Å². The predicted octanol–water partition coefficient (Wildman–Crippen LogP) is -0.669. The van der Waals surface area contributed by atoms with Crippen LogP contribution in [0.1, 0.15) is 19.3 Å². The Morgan fingerprint density at radius 2 is 2.06 bits per heavy atom. The topological polar surface area (TPSA) is 94.9 Å². The summed E-state index contributed by atoms with van der Waals surface area (Å²) in [5.41, 5.74) is 0. The van der Waals surface area contributed by atoms with E-state index in [9.17, 15) is 18.3 Å². The van der Waals surface area contributed by atoms with Crippen molar-refractivity contribution in [3.8, 4) is 0 Å². The van der Waals surface area contributed by atoms with E-state index in [0.717, 1.165) is 13.0 Å². The van der Waals surface area contributed by atoms with E-state index in [1.165, 1.54) is 0 Å². The number of rotatable bonds is 4. The minimum absolute atomic E-state index is 0.0276. The molecule has 7 heteroatoms. The molecule has 0 aromatic carbocycles. The number of sulfone groups is 1. The molecule has 6 nitrogen and oxygen atoms in total. The van der Waals surface area contributed by atoms with E-state index in [2.05, 4.69) is 0 Å². The summed E-state index contributed by atoms with van der Waals surface area (Å²) in [4.78, 5) is 12.5. The fraction of sp³-hybridized carbons (Fsp3) is 0.909. The van der Waals surface area contributed by atoms with Crippen molar-refractivity contribution >= 4 is 15.8 Å². The molecule has 2 rings (SSSR count). The van der Waals surface area contributed by atoms with Crippen molar-refractivity contribution in [1.82, 2.24) is 4.90 Å². The van der Waals surface area contributed by atoms with E-state index in [0.29, 0.717) is 18.9 Å². The van der Waals surface area contributed by atoms with Gasteiger partial charge in [-0.15, -0.1) is 0 Å². The van der Waals surface area contributed by atoms with E-state index in [-0.39, 0.29) is 24.0 Å². The van der Waals surface area contributed by atoms with Crippen molar-refractivity contribution < 1.29 is 23.4 Å². The molecular formula is C11H19NO5S. The van der Waals surface area contributed by atoms with Gasteiger partial charge in [-0.3, -0.25) is 9.69 Å². The average Bonchev–Trinajstić information content (AvgIpc) is 2.79. The van der Waals surface area contributed by atoms with Crippen molar-refractivity contribution in [3.05, 3.63) is 0 Å². The van der Waals surface area contributed by atoms with Crippen LogP contribution in [-0.4, -0.2) is 66.2 Å². The third-order valence-electron chi connectivity index (χ3n) is 3.85. The molecule has 0 aliphatic carbocycles. The van der Waals surface area contributed by atoms with Crippen LogP contribution in [-0.2, 0) is 14.6 Å². The molecule has 0 bridgehead atoms. The number of carboxylic acid groups (broad SMARTS) is 1. The molecule has 2 N–H and O–H groups in total. The van der Waals surface area contributed by atoms with Crippen LogP contribution in [0, 0.1) is 5.92 Å². The maximum absolute atomic E-state index is 11.4. The first-order chi connectivity index (χ1) is 8.37. The Morgan fingerprint density at radius 3 is 2.61 bits per heavy atom. The van der Waals surface area contributed by atoms with E-state index in [1.807, 2.05) is 4.90 Å². The van der Waals surface area contributed by atoms with Gasteiger partial charge in [-0.1, -0.05) is 0 Å². The molecule has 2 fully saturated rings. The zero-order valence-corrected chi connectivity index (χ0v) is 11.0. The molecule has 2 aliphatic heterocycles. The standard InChI is InChI=1S/C11H19NO5S/c13-10-7-18(16,17)6-9(10)12-4-3-8(5-12)1-2-11(14)15/h8-10,13H,1-7H2,(H,14,15). The second-order valence-electron chi connectivity index (χ2n) is 5.29. The van der Waals surface area contributed by atoms with Gasteiger partial charge in [0.05, 0.1) is 23.7 Å². The normalized spacial score (nSPS) is 35.9. The third kappa shape index (κ3) is 3.21. The summed E-state index contributed by atoms with van der Waals surface area (Å²) in [5.74, 6) is -0.609. The highest BCUT2D eigenvalue weighted by Crippen LogP contribution is 2.27. The first-order valence-electron chi connectivity index (χ1n) is 6.22. The molecule has 0 saturated carbocycles. The highest BCUT2D eigenvalue weighted by atomic mass is 32.2. The number of aliphatic hydroxyl groups is 1. The summed E-state index contributed by atoms with van der Waals surface area (Å²) in [5, 5.41) is 18.4. The Morgan fingerprint density at radius 1 is 1.33 bits per heavy atom. The second-order valence-corrected chi connectivity index (χ2v) is 7.45. The largest absolute Gasteiger partial charge is 0.481 e. The number of carbonyl (C=O) groups is 1. The Balaban J connectivity index is 1.87. The molecule has 3 unspecified atom stereocenters. The van der Waals surface area contributed by atoms with Crippen LogP contribution in [0.15, 0.2) is 0 Å². The number of carboxylic acids is 1.